The molecule has 0 saturated carbocycles. The highest BCUT2D eigenvalue weighted by molar-refractivity contribution is 7.16. The Hall–Kier alpha value is -3.06. The second kappa shape index (κ2) is 8.31. The number of hydrogen-bond donors (Lipinski definition) is 0. The van der Waals surface area contributed by atoms with E-state index in [-0.39, 0.29) is 11.7 Å². The minimum atomic E-state index is -0.245. The molecule has 0 atom stereocenters. The SMILES string of the molecule is O=C(/C=C/c1ccc(-c2ccc(F)cc2)s1)N1CCN(c2ncccn2)CC1. The topological polar surface area (TPSA) is 49.3 Å². The molecule has 1 fully saturated rings. The van der Waals surface area contributed by atoms with Gasteiger partial charge in [-0.25, -0.2) is 14.4 Å². The minimum absolute atomic E-state index is 0.00497. The number of carbonyl (C=O) groups excluding carboxylic acids is 1. The zero-order valence-corrected chi connectivity index (χ0v) is 16.0. The van der Waals surface area contributed by atoms with Crippen molar-refractivity contribution in [2.24, 2.45) is 0 Å². The van der Waals surface area contributed by atoms with Crippen LogP contribution in [0.25, 0.3) is 16.5 Å². The average Bonchev–Trinajstić information content (AvgIpc) is 3.22. The van der Waals surface area contributed by atoms with Crippen LogP contribution in [0.3, 0.4) is 0 Å². The third-order valence-electron chi connectivity index (χ3n) is 4.57. The molecular formula is C21H19FN4OS. The third kappa shape index (κ3) is 4.26. The molecule has 3 heterocycles. The van der Waals surface area contributed by atoms with Crippen LogP contribution in [0.5, 0.6) is 0 Å². The summed E-state index contributed by atoms with van der Waals surface area (Å²) in [5.41, 5.74) is 0.969. The molecule has 0 N–H and O–H groups in total. The van der Waals surface area contributed by atoms with Gasteiger partial charge in [-0.15, -0.1) is 11.3 Å². The maximum atomic E-state index is 13.1. The van der Waals surface area contributed by atoms with Gasteiger partial charge in [-0.1, -0.05) is 12.1 Å². The highest BCUT2D eigenvalue weighted by Crippen LogP contribution is 2.29. The summed E-state index contributed by atoms with van der Waals surface area (Å²) in [5, 5.41) is 0. The van der Waals surface area contributed by atoms with Crippen molar-refractivity contribution in [1.82, 2.24) is 14.9 Å². The number of anilines is 1. The van der Waals surface area contributed by atoms with E-state index in [9.17, 15) is 9.18 Å². The molecule has 1 aliphatic rings. The van der Waals surface area contributed by atoms with E-state index in [1.807, 2.05) is 23.1 Å². The van der Waals surface area contributed by atoms with E-state index in [2.05, 4.69) is 14.9 Å². The van der Waals surface area contributed by atoms with Crippen molar-refractivity contribution in [3.05, 3.63) is 71.6 Å². The molecule has 0 aliphatic carbocycles. The number of rotatable bonds is 4. The number of hydrogen-bond acceptors (Lipinski definition) is 5. The van der Waals surface area contributed by atoms with Crippen molar-refractivity contribution in [3.8, 4) is 10.4 Å². The van der Waals surface area contributed by atoms with Crippen LogP contribution in [0.15, 0.2) is 60.9 Å². The third-order valence-corrected chi connectivity index (χ3v) is 5.67. The second-order valence-electron chi connectivity index (χ2n) is 6.40. The summed E-state index contributed by atoms with van der Waals surface area (Å²) in [6, 6.07) is 12.2. The average molecular weight is 394 g/mol. The molecule has 7 heteroatoms. The zero-order valence-electron chi connectivity index (χ0n) is 15.2. The van der Waals surface area contributed by atoms with Gasteiger partial charge in [-0.05, 0) is 42.0 Å². The number of carbonyl (C=O) groups is 1. The first-order valence-corrected chi connectivity index (χ1v) is 9.85. The van der Waals surface area contributed by atoms with Gasteiger partial charge in [-0.3, -0.25) is 4.79 Å². The summed E-state index contributed by atoms with van der Waals surface area (Å²) >= 11 is 1.57. The van der Waals surface area contributed by atoms with Crippen LogP contribution < -0.4 is 4.90 Å². The fourth-order valence-corrected chi connectivity index (χ4v) is 3.97. The molecule has 4 rings (SSSR count). The maximum Gasteiger partial charge on any atom is 0.246 e. The molecule has 3 aromatic rings. The molecule has 142 valence electrons. The number of piperazine rings is 1. The van der Waals surface area contributed by atoms with Gasteiger partial charge in [-0.2, -0.15) is 0 Å². The molecule has 0 radical (unpaired) electrons. The number of amides is 1. The molecule has 5 nitrogen and oxygen atoms in total. The molecule has 1 aromatic carbocycles. The Morgan fingerprint density at radius 2 is 1.71 bits per heavy atom. The Labute approximate surface area is 166 Å². The Morgan fingerprint density at radius 1 is 1.00 bits per heavy atom. The number of benzene rings is 1. The molecule has 1 saturated heterocycles. The second-order valence-corrected chi connectivity index (χ2v) is 7.52. The Kier molecular flexibility index (Phi) is 5.43. The van der Waals surface area contributed by atoms with E-state index < -0.39 is 0 Å². The first-order valence-electron chi connectivity index (χ1n) is 9.04. The summed E-state index contributed by atoms with van der Waals surface area (Å²) in [7, 11) is 0. The quantitative estimate of drug-likeness (QED) is 0.633. The van der Waals surface area contributed by atoms with Crippen molar-refractivity contribution in [2.45, 2.75) is 0 Å². The zero-order chi connectivity index (χ0) is 19.3. The van der Waals surface area contributed by atoms with Gasteiger partial charge >= 0.3 is 0 Å². The van der Waals surface area contributed by atoms with Gasteiger partial charge in [0.15, 0.2) is 0 Å². The monoisotopic (exact) mass is 394 g/mol. The number of nitrogens with zero attached hydrogens (tertiary/aromatic N) is 4. The van der Waals surface area contributed by atoms with Crippen LogP contribution in [0.2, 0.25) is 0 Å². The first-order chi connectivity index (χ1) is 13.7. The summed E-state index contributed by atoms with van der Waals surface area (Å²) in [6.45, 7) is 2.73. The molecule has 1 amide bonds. The summed E-state index contributed by atoms with van der Waals surface area (Å²) in [5.74, 6) is 0.465. The molecular weight excluding hydrogens is 375 g/mol. The van der Waals surface area contributed by atoms with E-state index in [1.54, 1.807) is 48.0 Å². The lowest BCUT2D eigenvalue weighted by molar-refractivity contribution is -0.126. The Bertz CT molecular complexity index is 964. The van der Waals surface area contributed by atoms with Gasteiger partial charge in [0.05, 0.1) is 0 Å². The smallest absolute Gasteiger partial charge is 0.246 e. The van der Waals surface area contributed by atoms with Crippen LogP contribution >= 0.6 is 11.3 Å². The maximum absolute atomic E-state index is 13.1. The fraction of sp³-hybridized carbons (Fsp3) is 0.190. The van der Waals surface area contributed by atoms with E-state index in [0.29, 0.717) is 19.0 Å². The normalized spacial score (nSPS) is 14.6. The first kappa shape index (κ1) is 18.3. The molecule has 0 unspecified atom stereocenters. The molecule has 0 bridgehead atoms. The Balaban J connectivity index is 1.34. The minimum Gasteiger partial charge on any atom is -0.337 e. The van der Waals surface area contributed by atoms with Crippen molar-refractivity contribution in [1.29, 1.82) is 0 Å². The van der Waals surface area contributed by atoms with Crippen LogP contribution in [0, 0.1) is 5.82 Å². The Morgan fingerprint density at radius 3 is 2.43 bits per heavy atom. The van der Waals surface area contributed by atoms with E-state index in [4.69, 9.17) is 0 Å². The van der Waals surface area contributed by atoms with Crippen LogP contribution in [0.1, 0.15) is 4.88 Å². The van der Waals surface area contributed by atoms with Crippen molar-refractivity contribution < 1.29 is 9.18 Å². The number of halogens is 1. The molecule has 2 aromatic heterocycles. The highest BCUT2D eigenvalue weighted by Gasteiger charge is 2.21. The molecule has 0 spiro atoms. The fourth-order valence-electron chi connectivity index (χ4n) is 3.05. The van der Waals surface area contributed by atoms with Gasteiger partial charge in [0.25, 0.3) is 0 Å². The molecule has 1 aliphatic heterocycles. The number of aromatic nitrogens is 2. The van der Waals surface area contributed by atoms with Crippen molar-refractivity contribution in [3.63, 3.8) is 0 Å². The van der Waals surface area contributed by atoms with Crippen LogP contribution in [-0.4, -0.2) is 47.0 Å². The lowest BCUT2D eigenvalue weighted by Crippen LogP contribution is -2.48. The largest absolute Gasteiger partial charge is 0.337 e. The lowest BCUT2D eigenvalue weighted by Gasteiger charge is -2.34. The van der Waals surface area contributed by atoms with E-state index >= 15 is 0 Å². The summed E-state index contributed by atoms with van der Waals surface area (Å²) < 4.78 is 13.1. The van der Waals surface area contributed by atoms with Gasteiger partial charge in [0.1, 0.15) is 5.82 Å². The highest BCUT2D eigenvalue weighted by atomic mass is 32.1. The van der Waals surface area contributed by atoms with Crippen molar-refractivity contribution >= 4 is 29.3 Å². The number of thiophene rings is 1. The summed E-state index contributed by atoms with van der Waals surface area (Å²) in [4.78, 5) is 27.0. The van der Waals surface area contributed by atoms with Crippen LogP contribution in [0.4, 0.5) is 10.3 Å². The summed E-state index contributed by atoms with van der Waals surface area (Å²) in [6.07, 6.45) is 6.91. The van der Waals surface area contributed by atoms with Gasteiger partial charge in [0.2, 0.25) is 11.9 Å². The van der Waals surface area contributed by atoms with Gasteiger partial charge < -0.3 is 9.80 Å². The predicted molar refractivity (Wildman–Crippen MR) is 110 cm³/mol. The van der Waals surface area contributed by atoms with E-state index in [1.165, 1.54) is 12.1 Å². The standard InChI is InChI=1S/C21H19FN4OS/c22-17-4-2-16(3-5-17)19-8-6-18(28-19)7-9-20(27)25-12-14-26(15-13-25)21-23-10-1-11-24-21/h1-11H,12-15H2/b9-7+. The van der Waals surface area contributed by atoms with E-state index in [0.717, 1.165) is 28.4 Å². The lowest BCUT2D eigenvalue weighted by atomic mass is 10.2. The van der Waals surface area contributed by atoms with Gasteiger partial charge in [0, 0.05) is 54.4 Å². The predicted octanol–water partition coefficient (Wildman–Crippen LogP) is 3.71. The van der Waals surface area contributed by atoms with Crippen LogP contribution in [-0.2, 0) is 4.79 Å². The molecule has 28 heavy (non-hydrogen) atoms. The van der Waals surface area contributed by atoms with Crippen molar-refractivity contribution in [2.75, 3.05) is 31.1 Å².